The number of piperazine rings is 1. The van der Waals surface area contributed by atoms with Gasteiger partial charge in [0.25, 0.3) is 5.91 Å². The summed E-state index contributed by atoms with van der Waals surface area (Å²) in [5.41, 5.74) is -0.121. The summed E-state index contributed by atoms with van der Waals surface area (Å²) in [6.07, 6.45) is 0.436. The number of nitrogens with zero attached hydrogens (tertiary/aromatic N) is 3. The third kappa shape index (κ3) is 3.68. The molecular weight excluding hydrogens is 380 g/mol. The lowest BCUT2D eigenvalue weighted by atomic mass is 9.89. The number of carbonyl (C=O) groups excluding carboxylic acids is 3. The average Bonchev–Trinajstić information content (AvgIpc) is 3.10. The van der Waals surface area contributed by atoms with Crippen LogP contribution in [-0.2, 0) is 16.1 Å². The largest absolute Gasteiger partial charge is 0.338 e. The Balaban J connectivity index is 1.93. The number of nitrogens with one attached hydrogen (secondary N) is 1. The Kier molecular flexibility index (Phi) is 5.84. The number of rotatable bonds is 4. The van der Waals surface area contributed by atoms with E-state index in [1.54, 1.807) is 26.8 Å². The second-order valence-corrected chi connectivity index (χ2v) is 8.11. The van der Waals surface area contributed by atoms with E-state index in [0.717, 1.165) is 5.56 Å². The Morgan fingerprint density at radius 1 is 1.25 bits per heavy atom. The van der Waals surface area contributed by atoms with E-state index in [2.05, 4.69) is 5.32 Å². The lowest BCUT2D eigenvalue weighted by Gasteiger charge is -2.48. The molecule has 3 rings (SSSR count). The number of hydrogen-bond acceptors (Lipinski definition) is 3. The van der Waals surface area contributed by atoms with Crippen LogP contribution < -0.4 is 5.32 Å². The van der Waals surface area contributed by atoms with Crippen molar-refractivity contribution in [1.29, 1.82) is 0 Å². The van der Waals surface area contributed by atoms with E-state index in [0.29, 0.717) is 31.1 Å². The van der Waals surface area contributed by atoms with Crippen LogP contribution in [0.1, 0.15) is 32.8 Å². The lowest BCUT2D eigenvalue weighted by molar-refractivity contribution is -0.166. The molecule has 7 nitrogen and oxygen atoms in total. The summed E-state index contributed by atoms with van der Waals surface area (Å²) >= 11 is 5.97. The Labute approximate surface area is 170 Å². The van der Waals surface area contributed by atoms with Gasteiger partial charge in [-0.05, 0) is 44.9 Å². The molecule has 1 atom stereocenters. The van der Waals surface area contributed by atoms with Crippen LogP contribution in [0.2, 0.25) is 5.02 Å². The maximum absolute atomic E-state index is 13.5. The van der Waals surface area contributed by atoms with Gasteiger partial charge in [0.1, 0.15) is 12.1 Å². The fourth-order valence-electron chi connectivity index (χ4n) is 3.98. The van der Waals surface area contributed by atoms with Crippen LogP contribution in [-0.4, -0.2) is 70.3 Å². The Hall–Kier alpha value is -2.28. The summed E-state index contributed by atoms with van der Waals surface area (Å²) in [4.78, 5) is 43.8. The van der Waals surface area contributed by atoms with Crippen molar-refractivity contribution in [3.8, 4) is 0 Å². The molecular formula is C20H27ClN4O3. The van der Waals surface area contributed by atoms with E-state index in [4.69, 9.17) is 11.6 Å². The average molecular weight is 407 g/mol. The first-order valence-electron chi connectivity index (χ1n) is 9.67. The number of amides is 4. The summed E-state index contributed by atoms with van der Waals surface area (Å²) < 4.78 is 0. The van der Waals surface area contributed by atoms with E-state index in [-0.39, 0.29) is 37.0 Å². The Morgan fingerprint density at radius 3 is 2.54 bits per heavy atom. The molecule has 1 spiro atoms. The predicted molar refractivity (Wildman–Crippen MR) is 107 cm³/mol. The van der Waals surface area contributed by atoms with Crippen molar-refractivity contribution >= 4 is 29.4 Å². The molecule has 152 valence electrons. The van der Waals surface area contributed by atoms with E-state index in [1.807, 2.05) is 32.9 Å². The predicted octanol–water partition coefficient (Wildman–Crippen LogP) is 2.09. The molecule has 0 saturated carbocycles. The van der Waals surface area contributed by atoms with Crippen molar-refractivity contribution in [2.75, 3.05) is 26.2 Å². The Bertz CT molecular complexity index is 767. The minimum Gasteiger partial charge on any atom is -0.338 e. The highest BCUT2D eigenvalue weighted by Gasteiger charge is 2.56. The molecule has 1 aromatic rings. The van der Waals surface area contributed by atoms with E-state index in [9.17, 15) is 14.4 Å². The molecule has 1 aromatic carbocycles. The maximum atomic E-state index is 13.5. The van der Waals surface area contributed by atoms with Crippen LogP contribution in [0.15, 0.2) is 24.3 Å². The zero-order valence-corrected chi connectivity index (χ0v) is 17.3. The molecule has 0 unspecified atom stereocenters. The Morgan fingerprint density at radius 2 is 1.93 bits per heavy atom. The van der Waals surface area contributed by atoms with Gasteiger partial charge < -0.3 is 20.0 Å². The van der Waals surface area contributed by atoms with Crippen molar-refractivity contribution in [2.24, 2.45) is 0 Å². The number of urea groups is 1. The number of hydrogen-bond donors (Lipinski definition) is 1. The van der Waals surface area contributed by atoms with Crippen molar-refractivity contribution in [2.45, 2.75) is 45.3 Å². The quantitative estimate of drug-likeness (QED) is 0.832. The first-order valence-corrected chi connectivity index (χ1v) is 10.0. The van der Waals surface area contributed by atoms with Crippen LogP contribution in [0.4, 0.5) is 4.79 Å². The molecule has 0 aliphatic carbocycles. The number of halogens is 1. The third-order valence-corrected chi connectivity index (χ3v) is 5.77. The third-order valence-electron chi connectivity index (χ3n) is 5.52. The monoisotopic (exact) mass is 406 g/mol. The normalized spacial score (nSPS) is 22.5. The molecule has 2 aliphatic rings. The van der Waals surface area contributed by atoms with E-state index < -0.39 is 5.54 Å². The smallest absolute Gasteiger partial charge is 0.317 e. The van der Waals surface area contributed by atoms with Gasteiger partial charge in [0, 0.05) is 30.7 Å². The van der Waals surface area contributed by atoms with Crippen LogP contribution in [0.25, 0.3) is 0 Å². The minimum absolute atomic E-state index is 0.0625. The van der Waals surface area contributed by atoms with Gasteiger partial charge >= 0.3 is 6.03 Å². The van der Waals surface area contributed by atoms with Crippen molar-refractivity contribution in [3.05, 3.63) is 34.9 Å². The van der Waals surface area contributed by atoms with Gasteiger partial charge in [-0.15, -0.1) is 0 Å². The highest BCUT2D eigenvalue weighted by Crippen LogP contribution is 2.35. The molecule has 2 fully saturated rings. The zero-order valence-electron chi connectivity index (χ0n) is 16.6. The van der Waals surface area contributed by atoms with Crippen molar-refractivity contribution in [1.82, 2.24) is 20.0 Å². The highest BCUT2D eigenvalue weighted by molar-refractivity contribution is 6.30. The second kappa shape index (κ2) is 7.99. The number of likely N-dealkylation sites (tertiary alicyclic amines) is 1. The van der Waals surface area contributed by atoms with Crippen LogP contribution in [0.5, 0.6) is 0 Å². The summed E-state index contributed by atoms with van der Waals surface area (Å²) in [6, 6.07) is 6.99. The molecule has 4 amide bonds. The molecule has 0 bridgehead atoms. The maximum Gasteiger partial charge on any atom is 0.317 e. The molecule has 1 N–H and O–H groups in total. The summed E-state index contributed by atoms with van der Waals surface area (Å²) in [5.74, 6) is -0.177. The van der Waals surface area contributed by atoms with E-state index in [1.165, 1.54) is 0 Å². The standard InChI is InChI=1S/C20H27ClN4O3/c1-4-22-19(28)23-10-9-20(13-23)18(27)24(14(2)3)12-17(26)25(20)11-15-5-7-16(21)8-6-15/h5-8,14H,4,9-13H2,1-3H3,(H,22,28)/t20-/m0/s1. The molecule has 0 radical (unpaired) electrons. The summed E-state index contributed by atoms with van der Waals surface area (Å²) in [6.45, 7) is 7.21. The molecule has 8 heteroatoms. The highest BCUT2D eigenvalue weighted by atomic mass is 35.5. The van der Waals surface area contributed by atoms with Gasteiger partial charge in [-0.1, -0.05) is 23.7 Å². The van der Waals surface area contributed by atoms with Crippen LogP contribution in [0, 0.1) is 0 Å². The fraction of sp³-hybridized carbons (Fsp3) is 0.550. The molecule has 2 heterocycles. The number of carbonyl (C=O) groups is 3. The first kappa shape index (κ1) is 20.5. The molecule has 28 heavy (non-hydrogen) atoms. The molecule has 0 aromatic heterocycles. The second-order valence-electron chi connectivity index (χ2n) is 7.67. The first-order chi connectivity index (χ1) is 13.3. The van der Waals surface area contributed by atoms with Crippen LogP contribution >= 0.6 is 11.6 Å². The van der Waals surface area contributed by atoms with Gasteiger partial charge in [0.05, 0.1) is 6.54 Å². The van der Waals surface area contributed by atoms with Gasteiger partial charge in [-0.3, -0.25) is 9.59 Å². The zero-order chi connectivity index (χ0) is 20.5. The van der Waals surface area contributed by atoms with Gasteiger partial charge in [0.2, 0.25) is 5.91 Å². The number of benzene rings is 1. The summed E-state index contributed by atoms with van der Waals surface area (Å²) in [7, 11) is 0. The summed E-state index contributed by atoms with van der Waals surface area (Å²) in [5, 5.41) is 3.40. The lowest BCUT2D eigenvalue weighted by Crippen LogP contribution is -2.70. The SMILES string of the molecule is CCNC(=O)N1CC[C@]2(C1)C(=O)N(C(C)C)CC(=O)N2Cc1ccc(Cl)cc1. The van der Waals surface area contributed by atoms with Crippen molar-refractivity contribution < 1.29 is 14.4 Å². The minimum atomic E-state index is -1.02. The van der Waals surface area contributed by atoms with Gasteiger partial charge in [-0.2, -0.15) is 0 Å². The van der Waals surface area contributed by atoms with Gasteiger partial charge in [0.15, 0.2) is 0 Å². The van der Waals surface area contributed by atoms with E-state index >= 15 is 0 Å². The van der Waals surface area contributed by atoms with Crippen LogP contribution in [0.3, 0.4) is 0 Å². The van der Waals surface area contributed by atoms with Gasteiger partial charge in [-0.25, -0.2) is 4.79 Å². The fourth-order valence-corrected chi connectivity index (χ4v) is 4.10. The molecule has 2 saturated heterocycles. The van der Waals surface area contributed by atoms with Crippen molar-refractivity contribution in [3.63, 3.8) is 0 Å². The topological polar surface area (TPSA) is 73.0 Å². The molecule has 2 aliphatic heterocycles.